The van der Waals surface area contributed by atoms with Gasteiger partial charge in [0.2, 0.25) is 0 Å². The Morgan fingerprint density at radius 3 is 2.56 bits per heavy atom. The van der Waals surface area contributed by atoms with Crippen molar-refractivity contribution in [2.75, 3.05) is 13.2 Å². The zero-order valence-corrected chi connectivity index (χ0v) is 9.62. The second-order valence-corrected chi connectivity index (χ2v) is 4.20. The highest BCUT2D eigenvalue weighted by Gasteiger charge is 2.36. The molecular formula is C9H13F3N2OS. The lowest BCUT2D eigenvalue weighted by Crippen LogP contribution is -2.10. The number of thiazole rings is 1. The van der Waals surface area contributed by atoms with Gasteiger partial charge in [-0.1, -0.05) is 0 Å². The standard InChI is InChI=1S/C9H13F3N2OS/c1-2-15-4-3-7-14-8(9(10,11)12)6(5-13)16-7/h2-5,13H2,1H3. The van der Waals surface area contributed by atoms with Gasteiger partial charge < -0.3 is 10.5 Å². The third-order valence-corrected chi connectivity index (χ3v) is 3.00. The van der Waals surface area contributed by atoms with Crippen LogP contribution in [0.2, 0.25) is 0 Å². The van der Waals surface area contributed by atoms with Crippen LogP contribution in [0.4, 0.5) is 13.2 Å². The fourth-order valence-electron chi connectivity index (χ4n) is 1.17. The molecule has 0 radical (unpaired) electrons. The van der Waals surface area contributed by atoms with E-state index in [4.69, 9.17) is 10.5 Å². The maximum atomic E-state index is 12.5. The molecule has 0 unspecified atom stereocenters. The van der Waals surface area contributed by atoms with E-state index in [0.29, 0.717) is 24.6 Å². The number of hydrogen-bond acceptors (Lipinski definition) is 4. The molecule has 0 aliphatic heterocycles. The minimum Gasteiger partial charge on any atom is -0.381 e. The molecule has 2 N–H and O–H groups in total. The largest absolute Gasteiger partial charge is 0.434 e. The van der Waals surface area contributed by atoms with Crippen LogP contribution in [0.1, 0.15) is 22.5 Å². The average Bonchev–Trinajstić information content (AvgIpc) is 2.61. The van der Waals surface area contributed by atoms with Crippen molar-refractivity contribution in [1.29, 1.82) is 0 Å². The second kappa shape index (κ2) is 5.60. The van der Waals surface area contributed by atoms with E-state index in [9.17, 15) is 13.2 Å². The lowest BCUT2D eigenvalue weighted by atomic mass is 10.3. The van der Waals surface area contributed by atoms with Crippen LogP contribution in [0.3, 0.4) is 0 Å². The number of aromatic nitrogens is 1. The van der Waals surface area contributed by atoms with Crippen LogP contribution in [0.25, 0.3) is 0 Å². The fourth-order valence-corrected chi connectivity index (χ4v) is 2.12. The number of halogens is 3. The van der Waals surface area contributed by atoms with Crippen molar-refractivity contribution in [2.45, 2.75) is 26.1 Å². The smallest absolute Gasteiger partial charge is 0.381 e. The first-order valence-corrected chi connectivity index (χ1v) is 5.64. The van der Waals surface area contributed by atoms with Gasteiger partial charge in [0.1, 0.15) is 0 Å². The Morgan fingerprint density at radius 1 is 1.44 bits per heavy atom. The minimum atomic E-state index is -4.42. The molecule has 0 bridgehead atoms. The van der Waals surface area contributed by atoms with Crippen molar-refractivity contribution >= 4 is 11.3 Å². The maximum Gasteiger partial charge on any atom is 0.434 e. The number of ether oxygens (including phenoxy) is 1. The summed E-state index contributed by atoms with van der Waals surface area (Å²) in [6, 6.07) is 0. The van der Waals surface area contributed by atoms with E-state index in [2.05, 4.69) is 4.98 Å². The second-order valence-electron chi connectivity index (χ2n) is 3.03. The van der Waals surface area contributed by atoms with Gasteiger partial charge in [0.25, 0.3) is 0 Å². The van der Waals surface area contributed by atoms with Crippen LogP contribution in [0.15, 0.2) is 0 Å². The van der Waals surface area contributed by atoms with Crippen molar-refractivity contribution < 1.29 is 17.9 Å². The SMILES string of the molecule is CCOCCc1nc(C(F)(F)F)c(CN)s1. The summed E-state index contributed by atoms with van der Waals surface area (Å²) in [5, 5.41) is 0.418. The van der Waals surface area contributed by atoms with Gasteiger partial charge in [-0.15, -0.1) is 11.3 Å². The number of rotatable bonds is 5. The van der Waals surface area contributed by atoms with Gasteiger partial charge in [-0.2, -0.15) is 13.2 Å². The van der Waals surface area contributed by atoms with Crippen LogP contribution in [-0.2, 0) is 23.9 Å². The molecule has 1 rings (SSSR count). The molecule has 16 heavy (non-hydrogen) atoms. The fraction of sp³-hybridized carbons (Fsp3) is 0.667. The molecule has 0 spiro atoms. The molecule has 1 heterocycles. The summed E-state index contributed by atoms with van der Waals surface area (Å²) in [5.41, 5.74) is 4.40. The van der Waals surface area contributed by atoms with E-state index in [0.717, 1.165) is 11.3 Å². The minimum absolute atomic E-state index is 0.0824. The summed E-state index contributed by atoms with van der Waals surface area (Å²) >= 11 is 1.00. The van der Waals surface area contributed by atoms with E-state index in [1.807, 2.05) is 6.92 Å². The van der Waals surface area contributed by atoms with Crippen LogP contribution >= 0.6 is 11.3 Å². The van der Waals surface area contributed by atoms with Crippen LogP contribution in [0, 0.1) is 0 Å². The Kier molecular flexibility index (Phi) is 4.69. The summed E-state index contributed by atoms with van der Waals surface area (Å²) in [6.45, 7) is 2.61. The van der Waals surface area contributed by atoms with Crippen molar-refractivity contribution in [2.24, 2.45) is 5.73 Å². The average molecular weight is 254 g/mol. The molecule has 0 saturated carbocycles. The lowest BCUT2D eigenvalue weighted by molar-refractivity contribution is -0.141. The Hall–Kier alpha value is -0.660. The van der Waals surface area contributed by atoms with Gasteiger partial charge in [0.05, 0.1) is 16.5 Å². The first kappa shape index (κ1) is 13.4. The summed E-state index contributed by atoms with van der Waals surface area (Å²) in [4.78, 5) is 3.64. The highest BCUT2D eigenvalue weighted by atomic mass is 32.1. The van der Waals surface area contributed by atoms with Crippen molar-refractivity contribution in [3.63, 3.8) is 0 Å². The van der Waals surface area contributed by atoms with Gasteiger partial charge in [0.15, 0.2) is 5.69 Å². The number of alkyl halides is 3. The highest BCUT2D eigenvalue weighted by Crippen LogP contribution is 2.34. The molecule has 92 valence electrons. The van der Waals surface area contributed by atoms with Crippen molar-refractivity contribution in [3.8, 4) is 0 Å². The molecule has 0 aliphatic rings. The summed E-state index contributed by atoms with van der Waals surface area (Å²) in [7, 11) is 0. The maximum absolute atomic E-state index is 12.5. The number of nitrogens with zero attached hydrogens (tertiary/aromatic N) is 1. The molecule has 3 nitrogen and oxygen atoms in total. The molecular weight excluding hydrogens is 241 g/mol. The normalized spacial score (nSPS) is 12.1. The molecule has 0 saturated heterocycles. The van der Waals surface area contributed by atoms with Crippen molar-refractivity contribution in [1.82, 2.24) is 4.98 Å². The molecule has 0 aromatic carbocycles. The predicted molar refractivity (Wildman–Crippen MR) is 55.2 cm³/mol. The van der Waals surface area contributed by atoms with E-state index in [-0.39, 0.29) is 11.4 Å². The zero-order chi connectivity index (χ0) is 12.2. The first-order chi connectivity index (χ1) is 7.49. The van der Waals surface area contributed by atoms with Gasteiger partial charge in [-0.25, -0.2) is 4.98 Å². The molecule has 0 amide bonds. The Balaban J connectivity index is 2.78. The van der Waals surface area contributed by atoms with E-state index >= 15 is 0 Å². The lowest BCUT2D eigenvalue weighted by Gasteiger charge is -2.03. The topological polar surface area (TPSA) is 48.1 Å². The summed E-state index contributed by atoms with van der Waals surface area (Å²) < 4.78 is 42.5. The summed E-state index contributed by atoms with van der Waals surface area (Å²) in [5.74, 6) is 0. The molecule has 1 aromatic rings. The van der Waals surface area contributed by atoms with Gasteiger partial charge >= 0.3 is 6.18 Å². The van der Waals surface area contributed by atoms with E-state index in [1.165, 1.54) is 0 Å². The molecule has 1 aromatic heterocycles. The van der Waals surface area contributed by atoms with E-state index < -0.39 is 11.9 Å². The van der Waals surface area contributed by atoms with Gasteiger partial charge in [-0.3, -0.25) is 0 Å². The van der Waals surface area contributed by atoms with Crippen molar-refractivity contribution in [3.05, 3.63) is 15.6 Å². The quantitative estimate of drug-likeness (QED) is 0.819. The highest BCUT2D eigenvalue weighted by molar-refractivity contribution is 7.11. The molecule has 0 atom stereocenters. The Bertz CT molecular complexity index is 338. The van der Waals surface area contributed by atoms with Gasteiger partial charge in [0, 0.05) is 19.6 Å². The number of nitrogens with two attached hydrogens (primary N) is 1. The molecule has 7 heteroatoms. The zero-order valence-electron chi connectivity index (χ0n) is 8.80. The van der Waals surface area contributed by atoms with E-state index in [1.54, 1.807) is 0 Å². The molecule has 0 fully saturated rings. The predicted octanol–water partition coefficient (Wildman–Crippen LogP) is 2.20. The number of hydrogen-bond donors (Lipinski definition) is 1. The van der Waals surface area contributed by atoms with Crippen LogP contribution < -0.4 is 5.73 Å². The Labute approximate surface area is 95.4 Å². The molecule has 0 aliphatic carbocycles. The monoisotopic (exact) mass is 254 g/mol. The van der Waals surface area contributed by atoms with Crippen LogP contribution in [-0.4, -0.2) is 18.2 Å². The third kappa shape index (κ3) is 3.43. The third-order valence-electron chi connectivity index (χ3n) is 1.86. The van der Waals surface area contributed by atoms with Crippen LogP contribution in [0.5, 0.6) is 0 Å². The Morgan fingerprint density at radius 2 is 2.12 bits per heavy atom. The van der Waals surface area contributed by atoms with Gasteiger partial charge in [-0.05, 0) is 6.92 Å². The first-order valence-electron chi connectivity index (χ1n) is 4.82. The summed E-state index contributed by atoms with van der Waals surface area (Å²) in [6.07, 6.45) is -4.03.